The minimum absolute atomic E-state index is 0.896. The van der Waals surface area contributed by atoms with Gasteiger partial charge in [0.05, 0.1) is 13.2 Å². The summed E-state index contributed by atoms with van der Waals surface area (Å²) in [5.41, 5.74) is 0. The fourth-order valence-corrected chi connectivity index (χ4v) is 1.68. The molecule has 0 aliphatic carbocycles. The van der Waals surface area contributed by atoms with Gasteiger partial charge in [-0.15, -0.1) is 6.58 Å². The SMILES string of the molecule is C=CCCCCC=CCN1CCOCC1. The summed E-state index contributed by atoms with van der Waals surface area (Å²) < 4.78 is 5.30. The molecule has 0 bridgehead atoms. The van der Waals surface area contributed by atoms with E-state index in [2.05, 4.69) is 23.6 Å². The first-order valence-electron chi connectivity index (χ1n) is 5.99. The van der Waals surface area contributed by atoms with Crippen molar-refractivity contribution in [2.24, 2.45) is 0 Å². The average molecular weight is 209 g/mol. The molecule has 1 aliphatic heterocycles. The highest BCUT2D eigenvalue weighted by atomic mass is 16.5. The molecule has 2 nitrogen and oxygen atoms in total. The maximum Gasteiger partial charge on any atom is 0.0594 e. The summed E-state index contributed by atoms with van der Waals surface area (Å²) in [6.07, 6.45) is 11.5. The number of hydrogen-bond acceptors (Lipinski definition) is 2. The average Bonchev–Trinajstić information content (AvgIpc) is 2.29. The second-order valence-corrected chi connectivity index (χ2v) is 3.96. The van der Waals surface area contributed by atoms with Crippen LogP contribution in [0.1, 0.15) is 25.7 Å². The minimum atomic E-state index is 0.896. The number of rotatable bonds is 7. The van der Waals surface area contributed by atoms with Crippen molar-refractivity contribution in [3.63, 3.8) is 0 Å². The molecule has 0 spiro atoms. The number of allylic oxidation sites excluding steroid dienone is 2. The van der Waals surface area contributed by atoms with E-state index in [-0.39, 0.29) is 0 Å². The zero-order chi connectivity index (χ0) is 10.8. The van der Waals surface area contributed by atoms with Crippen LogP contribution in [0.15, 0.2) is 24.8 Å². The molecule has 0 aromatic carbocycles. The smallest absolute Gasteiger partial charge is 0.0594 e. The molecule has 1 rings (SSSR count). The van der Waals surface area contributed by atoms with Crippen LogP contribution in [0.3, 0.4) is 0 Å². The van der Waals surface area contributed by atoms with Crippen molar-refractivity contribution >= 4 is 0 Å². The van der Waals surface area contributed by atoms with Gasteiger partial charge in [-0.05, 0) is 25.7 Å². The van der Waals surface area contributed by atoms with Crippen LogP contribution in [-0.4, -0.2) is 37.7 Å². The Morgan fingerprint density at radius 2 is 1.80 bits per heavy atom. The molecule has 1 heterocycles. The van der Waals surface area contributed by atoms with Gasteiger partial charge in [0, 0.05) is 19.6 Å². The largest absolute Gasteiger partial charge is 0.379 e. The van der Waals surface area contributed by atoms with E-state index < -0.39 is 0 Å². The van der Waals surface area contributed by atoms with Crippen molar-refractivity contribution in [1.82, 2.24) is 4.90 Å². The topological polar surface area (TPSA) is 12.5 Å². The lowest BCUT2D eigenvalue weighted by Crippen LogP contribution is -2.36. The second-order valence-electron chi connectivity index (χ2n) is 3.96. The van der Waals surface area contributed by atoms with Gasteiger partial charge >= 0.3 is 0 Å². The van der Waals surface area contributed by atoms with Gasteiger partial charge in [-0.25, -0.2) is 0 Å². The Labute approximate surface area is 93.6 Å². The first-order chi connectivity index (χ1) is 7.43. The quantitative estimate of drug-likeness (QED) is 0.472. The van der Waals surface area contributed by atoms with Crippen LogP contribution in [0, 0.1) is 0 Å². The Hall–Kier alpha value is -0.600. The molecule has 0 radical (unpaired) electrons. The van der Waals surface area contributed by atoms with E-state index in [0.29, 0.717) is 0 Å². The lowest BCUT2D eigenvalue weighted by Gasteiger charge is -2.25. The van der Waals surface area contributed by atoms with Crippen molar-refractivity contribution in [3.8, 4) is 0 Å². The molecule has 0 amide bonds. The van der Waals surface area contributed by atoms with Gasteiger partial charge in [0.1, 0.15) is 0 Å². The molecule has 0 aromatic heterocycles. The lowest BCUT2D eigenvalue weighted by atomic mass is 10.2. The van der Waals surface area contributed by atoms with Crippen molar-refractivity contribution in [3.05, 3.63) is 24.8 Å². The highest BCUT2D eigenvalue weighted by Gasteiger charge is 2.07. The molecule has 86 valence electrons. The Balaban J connectivity index is 1.93. The van der Waals surface area contributed by atoms with E-state index in [9.17, 15) is 0 Å². The predicted octanol–water partition coefficient (Wildman–Crippen LogP) is 2.62. The summed E-state index contributed by atoms with van der Waals surface area (Å²) in [6, 6.07) is 0. The van der Waals surface area contributed by atoms with Gasteiger partial charge in [0.25, 0.3) is 0 Å². The number of hydrogen-bond donors (Lipinski definition) is 0. The summed E-state index contributed by atoms with van der Waals surface area (Å²) in [6.45, 7) is 8.77. The minimum Gasteiger partial charge on any atom is -0.379 e. The van der Waals surface area contributed by atoms with Gasteiger partial charge < -0.3 is 4.74 Å². The summed E-state index contributed by atoms with van der Waals surface area (Å²) in [5, 5.41) is 0. The molecule has 1 saturated heterocycles. The van der Waals surface area contributed by atoms with Crippen LogP contribution < -0.4 is 0 Å². The van der Waals surface area contributed by atoms with E-state index in [1.807, 2.05) is 6.08 Å². The third-order valence-corrected chi connectivity index (χ3v) is 2.66. The third kappa shape index (κ3) is 6.47. The molecule has 0 aromatic rings. The van der Waals surface area contributed by atoms with Crippen LogP contribution in [0.5, 0.6) is 0 Å². The van der Waals surface area contributed by atoms with Crippen molar-refractivity contribution in [2.45, 2.75) is 25.7 Å². The van der Waals surface area contributed by atoms with E-state index in [0.717, 1.165) is 39.3 Å². The molecule has 2 heteroatoms. The summed E-state index contributed by atoms with van der Waals surface area (Å²) >= 11 is 0. The second kappa shape index (κ2) is 8.69. The molecule has 0 N–H and O–H groups in total. The van der Waals surface area contributed by atoms with Gasteiger partial charge in [0.2, 0.25) is 0 Å². The van der Waals surface area contributed by atoms with E-state index in [1.54, 1.807) is 0 Å². The highest BCUT2D eigenvalue weighted by molar-refractivity contribution is 4.85. The lowest BCUT2D eigenvalue weighted by molar-refractivity contribution is 0.0434. The fourth-order valence-electron chi connectivity index (χ4n) is 1.68. The monoisotopic (exact) mass is 209 g/mol. The fraction of sp³-hybridized carbons (Fsp3) is 0.692. The molecule has 15 heavy (non-hydrogen) atoms. The molecule has 0 saturated carbocycles. The number of nitrogens with zero attached hydrogens (tertiary/aromatic N) is 1. The van der Waals surface area contributed by atoms with Crippen LogP contribution in [0.2, 0.25) is 0 Å². The maximum atomic E-state index is 5.30. The number of ether oxygens (including phenoxy) is 1. The Morgan fingerprint density at radius 3 is 2.53 bits per heavy atom. The number of unbranched alkanes of at least 4 members (excludes halogenated alkanes) is 3. The summed E-state index contributed by atoms with van der Waals surface area (Å²) in [4.78, 5) is 2.43. The van der Waals surface area contributed by atoms with Crippen molar-refractivity contribution < 1.29 is 4.74 Å². The van der Waals surface area contributed by atoms with Crippen LogP contribution in [0.25, 0.3) is 0 Å². The van der Waals surface area contributed by atoms with Gasteiger partial charge in [0.15, 0.2) is 0 Å². The van der Waals surface area contributed by atoms with Gasteiger partial charge in [-0.3, -0.25) is 4.90 Å². The van der Waals surface area contributed by atoms with Gasteiger partial charge in [-0.2, -0.15) is 0 Å². The normalized spacial score (nSPS) is 18.4. The first-order valence-corrected chi connectivity index (χ1v) is 5.99. The van der Waals surface area contributed by atoms with Crippen LogP contribution >= 0.6 is 0 Å². The first kappa shape index (κ1) is 12.5. The molecule has 0 atom stereocenters. The number of morpholine rings is 1. The molecular weight excluding hydrogens is 186 g/mol. The molecular formula is C13H23NO. The van der Waals surface area contributed by atoms with E-state index >= 15 is 0 Å². The third-order valence-electron chi connectivity index (χ3n) is 2.66. The van der Waals surface area contributed by atoms with Crippen LogP contribution in [-0.2, 0) is 4.74 Å². The summed E-state index contributed by atoms with van der Waals surface area (Å²) in [5.74, 6) is 0. The van der Waals surface area contributed by atoms with E-state index in [4.69, 9.17) is 4.74 Å². The van der Waals surface area contributed by atoms with Crippen LogP contribution in [0.4, 0.5) is 0 Å². The molecule has 1 fully saturated rings. The summed E-state index contributed by atoms with van der Waals surface area (Å²) in [7, 11) is 0. The Bertz CT molecular complexity index is 183. The zero-order valence-electron chi connectivity index (χ0n) is 9.66. The maximum absolute atomic E-state index is 5.30. The van der Waals surface area contributed by atoms with Crippen molar-refractivity contribution in [2.75, 3.05) is 32.8 Å². The van der Waals surface area contributed by atoms with E-state index in [1.165, 1.54) is 19.3 Å². The predicted molar refractivity (Wildman–Crippen MR) is 65.1 cm³/mol. The Morgan fingerprint density at radius 1 is 1.07 bits per heavy atom. The molecule has 0 unspecified atom stereocenters. The standard InChI is InChI=1S/C13H23NO/c1-2-3-4-5-6-7-8-9-14-10-12-15-13-11-14/h2,7-8H,1,3-6,9-13H2. The highest BCUT2D eigenvalue weighted by Crippen LogP contribution is 2.01. The Kier molecular flexibility index (Phi) is 7.22. The zero-order valence-corrected chi connectivity index (χ0v) is 9.66. The molecule has 1 aliphatic rings. The van der Waals surface area contributed by atoms with Crippen molar-refractivity contribution in [1.29, 1.82) is 0 Å². The van der Waals surface area contributed by atoms with Gasteiger partial charge in [-0.1, -0.05) is 18.2 Å².